The van der Waals surface area contributed by atoms with Crippen molar-refractivity contribution >= 4 is 5.82 Å². The Morgan fingerprint density at radius 1 is 1.53 bits per heavy atom. The van der Waals surface area contributed by atoms with Crippen LogP contribution < -0.4 is 11.3 Å². The number of aromatic amines is 1. The Hall–Kier alpha value is -2.11. The second-order valence-electron chi connectivity index (χ2n) is 3.31. The highest BCUT2D eigenvalue weighted by atomic mass is 16.1. The maximum Gasteiger partial charge on any atom is 0.256 e. The number of anilines is 1. The molecular weight excluding hydrogens is 194 g/mol. The van der Waals surface area contributed by atoms with Gasteiger partial charge in [0.15, 0.2) is 5.82 Å². The molecule has 78 valence electrons. The second-order valence-corrected chi connectivity index (χ2v) is 3.31. The Morgan fingerprint density at radius 3 is 2.80 bits per heavy atom. The van der Waals surface area contributed by atoms with E-state index in [-0.39, 0.29) is 11.4 Å². The molecule has 2 heterocycles. The Kier molecular flexibility index (Phi) is 2.03. The molecule has 6 heteroatoms. The summed E-state index contributed by atoms with van der Waals surface area (Å²) < 4.78 is 1.76. The molecular formula is C9H11N5O. The van der Waals surface area contributed by atoms with Crippen molar-refractivity contribution in [3.63, 3.8) is 0 Å². The highest BCUT2D eigenvalue weighted by Gasteiger charge is 2.08. The molecule has 0 bridgehead atoms. The van der Waals surface area contributed by atoms with Crippen LogP contribution in [-0.2, 0) is 7.05 Å². The number of nitrogens with two attached hydrogens (primary N) is 1. The fraction of sp³-hybridized carbons (Fsp3) is 0.222. The third-order valence-corrected chi connectivity index (χ3v) is 2.25. The molecule has 0 aliphatic rings. The van der Waals surface area contributed by atoms with Gasteiger partial charge in [-0.2, -0.15) is 0 Å². The molecule has 2 aromatic heterocycles. The van der Waals surface area contributed by atoms with E-state index in [9.17, 15) is 4.79 Å². The molecule has 0 amide bonds. The molecule has 0 aliphatic carbocycles. The smallest absolute Gasteiger partial charge is 0.256 e. The van der Waals surface area contributed by atoms with E-state index in [2.05, 4.69) is 15.0 Å². The summed E-state index contributed by atoms with van der Waals surface area (Å²) in [6.45, 7) is 1.63. The summed E-state index contributed by atoms with van der Waals surface area (Å²) in [6.07, 6.45) is 3.25. The zero-order valence-electron chi connectivity index (χ0n) is 8.48. The van der Waals surface area contributed by atoms with Crippen LogP contribution in [0.5, 0.6) is 0 Å². The first kappa shape index (κ1) is 9.45. The number of H-pyrrole nitrogens is 1. The van der Waals surface area contributed by atoms with Gasteiger partial charge < -0.3 is 15.3 Å². The Balaban J connectivity index is 2.66. The van der Waals surface area contributed by atoms with E-state index in [1.165, 1.54) is 0 Å². The minimum absolute atomic E-state index is 0.223. The first-order valence-electron chi connectivity index (χ1n) is 4.42. The van der Waals surface area contributed by atoms with Gasteiger partial charge in [0.2, 0.25) is 0 Å². The number of imidazole rings is 1. The first-order valence-corrected chi connectivity index (χ1v) is 4.42. The Labute approximate surface area is 85.8 Å². The molecule has 6 nitrogen and oxygen atoms in total. The average molecular weight is 205 g/mol. The van der Waals surface area contributed by atoms with Crippen molar-refractivity contribution in [1.82, 2.24) is 19.5 Å². The molecule has 3 N–H and O–H groups in total. The van der Waals surface area contributed by atoms with Crippen LogP contribution in [0.25, 0.3) is 11.5 Å². The van der Waals surface area contributed by atoms with E-state index in [4.69, 9.17) is 5.73 Å². The Morgan fingerprint density at radius 2 is 2.27 bits per heavy atom. The number of hydrogen-bond donors (Lipinski definition) is 2. The molecule has 0 aromatic carbocycles. The molecule has 0 fully saturated rings. The average Bonchev–Trinajstić information content (AvgIpc) is 2.60. The van der Waals surface area contributed by atoms with Gasteiger partial charge in [-0.25, -0.2) is 9.97 Å². The van der Waals surface area contributed by atoms with Gasteiger partial charge in [-0.1, -0.05) is 0 Å². The van der Waals surface area contributed by atoms with E-state index in [1.54, 1.807) is 24.0 Å². The summed E-state index contributed by atoms with van der Waals surface area (Å²) in [5.74, 6) is 0.679. The topological polar surface area (TPSA) is 89.6 Å². The van der Waals surface area contributed by atoms with Crippen LogP contribution in [0.3, 0.4) is 0 Å². The number of hydrogen-bond acceptors (Lipinski definition) is 4. The number of aromatic nitrogens is 4. The van der Waals surface area contributed by atoms with Gasteiger partial charge in [0.1, 0.15) is 11.5 Å². The Bertz CT molecular complexity index is 554. The van der Waals surface area contributed by atoms with Crippen LogP contribution in [0.1, 0.15) is 5.56 Å². The van der Waals surface area contributed by atoms with Gasteiger partial charge in [0, 0.05) is 7.05 Å². The molecule has 15 heavy (non-hydrogen) atoms. The molecule has 0 spiro atoms. The molecule has 0 saturated carbocycles. The lowest BCUT2D eigenvalue weighted by atomic mass is 10.3. The third kappa shape index (κ3) is 1.50. The van der Waals surface area contributed by atoms with E-state index < -0.39 is 0 Å². The molecule has 0 atom stereocenters. The summed E-state index contributed by atoms with van der Waals surface area (Å²) in [7, 11) is 1.82. The lowest BCUT2D eigenvalue weighted by molar-refractivity contribution is 0.905. The van der Waals surface area contributed by atoms with E-state index in [1.807, 2.05) is 7.05 Å². The third-order valence-electron chi connectivity index (χ3n) is 2.25. The molecule has 2 aromatic rings. The van der Waals surface area contributed by atoms with Crippen molar-refractivity contribution in [2.24, 2.45) is 7.05 Å². The van der Waals surface area contributed by atoms with Crippen molar-refractivity contribution in [2.45, 2.75) is 6.92 Å². The van der Waals surface area contributed by atoms with Crippen LogP contribution in [-0.4, -0.2) is 19.5 Å². The standard InChI is InChI=1S/C9H11N5O/c1-5-7(10)12-8(13-9(5)15)6-3-11-4-14(6)2/h3-4H,1-2H3,(H3,10,12,13,15). The lowest BCUT2D eigenvalue weighted by Gasteiger charge is -2.03. The zero-order valence-corrected chi connectivity index (χ0v) is 8.48. The minimum Gasteiger partial charge on any atom is -0.383 e. The van der Waals surface area contributed by atoms with Crippen molar-refractivity contribution in [3.05, 3.63) is 28.4 Å². The number of nitrogens with zero attached hydrogens (tertiary/aromatic N) is 3. The van der Waals surface area contributed by atoms with Gasteiger partial charge in [0.05, 0.1) is 18.1 Å². The summed E-state index contributed by atoms with van der Waals surface area (Å²) >= 11 is 0. The monoisotopic (exact) mass is 205 g/mol. The molecule has 0 aliphatic heterocycles. The maximum absolute atomic E-state index is 11.5. The molecule has 0 saturated heterocycles. The van der Waals surface area contributed by atoms with Crippen LogP contribution in [0.2, 0.25) is 0 Å². The highest BCUT2D eigenvalue weighted by molar-refractivity contribution is 5.52. The minimum atomic E-state index is -0.223. The maximum atomic E-state index is 11.5. The SMILES string of the molecule is Cc1c(N)nc(-c2cncn2C)[nH]c1=O. The van der Waals surface area contributed by atoms with Gasteiger partial charge >= 0.3 is 0 Å². The fourth-order valence-electron chi connectivity index (χ4n) is 1.26. The van der Waals surface area contributed by atoms with Crippen molar-refractivity contribution in [2.75, 3.05) is 5.73 Å². The predicted molar refractivity (Wildman–Crippen MR) is 56.2 cm³/mol. The normalized spacial score (nSPS) is 10.5. The summed E-state index contributed by atoms with van der Waals surface area (Å²) in [6, 6.07) is 0. The van der Waals surface area contributed by atoms with Crippen molar-refractivity contribution < 1.29 is 0 Å². The number of nitrogen functional groups attached to an aromatic ring is 1. The van der Waals surface area contributed by atoms with Crippen molar-refractivity contribution in [3.8, 4) is 11.5 Å². The van der Waals surface area contributed by atoms with Crippen molar-refractivity contribution in [1.29, 1.82) is 0 Å². The first-order chi connectivity index (χ1) is 7.09. The van der Waals surface area contributed by atoms with E-state index in [0.29, 0.717) is 11.4 Å². The summed E-state index contributed by atoms with van der Waals surface area (Å²) in [5, 5.41) is 0. The van der Waals surface area contributed by atoms with E-state index in [0.717, 1.165) is 5.69 Å². The fourth-order valence-corrected chi connectivity index (χ4v) is 1.26. The molecule has 0 radical (unpaired) electrons. The van der Waals surface area contributed by atoms with Gasteiger partial charge in [-0.15, -0.1) is 0 Å². The largest absolute Gasteiger partial charge is 0.383 e. The summed E-state index contributed by atoms with van der Waals surface area (Å²) in [4.78, 5) is 22.2. The van der Waals surface area contributed by atoms with Gasteiger partial charge in [-0.05, 0) is 6.92 Å². The number of rotatable bonds is 1. The second kappa shape index (κ2) is 3.23. The van der Waals surface area contributed by atoms with Crippen LogP contribution in [0, 0.1) is 6.92 Å². The number of nitrogens with one attached hydrogen (secondary N) is 1. The quantitative estimate of drug-likeness (QED) is 0.689. The molecule has 2 rings (SSSR count). The van der Waals surface area contributed by atoms with Gasteiger partial charge in [-0.3, -0.25) is 4.79 Å². The molecule has 0 unspecified atom stereocenters. The highest BCUT2D eigenvalue weighted by Crippen LogP contribution is 2.13. The van der Waals surface area contributed by atoms with E-state index >= 15 is 0 Å². The lowest BCUT2D eigenvalue weighted by Crippen LogP contribution is -2.16. The van der Waals surface area contributed by atoms with Gasteiger partial charge in [0.25, 0.3) is 5.56 Å². The zero-order chi connectivity index (χ0) is 11.0. The predicted octanol–water partition coefficient (Wildman–Crippen LogP) is 0.0610. The van der Waals surface area contributed by atoms with Crippen LogP contribution in [0.15, 0.2) is 17.3 Å². The summed E-state index contributed by atoms with van der Waals surface area (Å²) in [5.41, 5.74) is 6.55. The van der Waals surface area contributed by atoms with Crippen LogP contribution in [0.4, 0.5) is 5.82 Å². The van der Waals surface area contributed by atoms with Crippen LogP contribution >= 0.6 is 0 Å². The number of aryl methyl sites for hydroxylation is 1.